The molecule has 10 heteroatoms. The third-order valence-corrected chi connectivity index (χ3v) is 14.9. The van der Waals surface area contributed by atoms with E-state index in [1.807, 2.05) is 17.5 Å². The van der Waals surface area contributed by atoms with Gasteiger partial charge in [-0.05, 0) is 113 Å². The molecule has 0 saturated carbocycles. The van der Waals surface area contributed by atoms with Gasteiger partial charge in [0.25, 0.3) is 0 Å². The maximum atomic E-state index is 11.8. The molecule has 7 rings (SSSR count). The third-order valence-electron chi connectivity index (χ3n) is 7.56. The van der Waals surface area contributed by atoms with Crippen LogP contribution in [0.4, 0.5) is 0 Å². The van der Waals surface area contributed by atoms with E-state index >= 15 is 0 Å². The van der Waals surface area contributed by atoms with Crippen LogP contribution < -0.4 is 0 Å². The second kappa shape index (κ2) is 12.9. The zero-order valence-electron chi connectivity index (χ0n) is 24.7. The van der Waals surface area contributed by atoms with E-state index < -0.39 is 11.9 Å². The fourth-order valence-electron chi connectivity index (χ4n) is 5.41. The maximum absolute atomic E-state index is 11.8. The number of carboxylic acid groups (broad SMARTS) is 2. The summed E-state index contributed by atoms with van der Waals surface area (Å²) >= 11 is 10.2. The number of aliphatic carboxylic acids is 2. The van der Waals surface area contributed by atoms with Gasteiger partial charge in [0.2, 0.25) is 0 Å². The van der Waals surface area contributed by atoms with Gasteiger partial charge < -0.3 is 10.2 Å². The first-order chi connectivity index (χ1) is 22.2. The quantitative estimate of drug-likeness (QED) is 0.148. The number of benzene rings is 1. The molecule has 0 unspecified atom stereocenters. The maximum Gasteiger partial charge on any atom is 0.307 e. The molecule has 1 aromatic carbocycles. The fraction of sp³-hybridized carbons (Fsp3) is 0.111. The van der Waals surface area contributed by atoms with Crippen molar-refractivity contribution in [3.8, 4) is 59.9 Å². The number of thiophene rings is 6. The Bertz CT molecular complexity index is 2210. The summed E-state index contributed by atoms with van der Waals surface area (Å²) in [5.41, 5.74) is 6.35. The Morgan fingerprint density at radius 2 is 1.07 bits per heavy atom. The van der Waals surface area contributed by atoms with E-state index in [0.29, 0.717) is 0 Å². The van der Waals surface area contributed by atoms with Gasteiger partial charge in [0, 0.05) is 48.8 Å². The Labute approximate surface area is 290 Å². The Hall–Kier alpha value is -3.64. The van der Waals surface area contributed by atoms with Crippen LogP contribution in [-0.2, 0) is 22.4 Å². The van der Waals surface area contributed by atoms with Crippen LogP contribution >= 0.6 is 68.0 Å². The average molecular weight is 715 g/mol. The molecule has 0 aliphatic rings. The first-order valence-electron chi connectivity index (χ1n) is 14.3. The van der Waals surface area contributed by atoms with Crippen molar-refractivity contribution in [2.45, 2.75) is 26.7 Å². The van der Waals surface area contributed by atoms with E-state index in [1.165, 1.54) is 35.5 Å². The molecule has 0 amide bonds. The third kappa shape index (κ3) is 6.21. The van der Waals surface area contributed by atoms with E-state index in [-0.39, 0.29) is 12.8 Å². The Kier molecular flexibility index (Phi) is 8.67. The molecule has 0 spiro atoms. The molecule has 0 bridgehead atoms. The molecular formula is C36H26O4S6. The Morgan fingerprint density at radius 3 is 1.72 bits per heavy atom. The highest BCUT2D eigenvalue weighted by Gasteiger charge is 2.19. The smallest absolute Gasteiger partial charge is 0.307 e. The SMILES string of the molecule is Cc1ccsc1-c1ccc(-c2sc(-c3cccc(-c4cc(C)c(-c5ccc(-c6sccc6CC(=O)O)s5)s4)c3)cc2CC(=O)O)s1. The van der Waals surface area contributed by atoms with Crippen molar-refractivity contribution in [3.05, 3.63) is 106 Å². The van der Waals surface area contributed by atoms with Gasteiger partial charge in [-0.3, -0.25) is 9.59 Å². The predicted molar refractivity (Wildman–Crippen MR) is 198 cm³/mol. The number of hydrogen-bond donors (Lipinski definition) is 2. The summed E-state index contributed by atoms with van der Waals surface area (Å²) in [5.74, 6) is -1.65. The average Bonchev–Trinajstić information content (AvgIpc) is 3.85. The minimum absolute atomic E-state index is 0.0175. The lowest BCUT2D eigenvalue weighted by molar-refractivity contribution is -0.137. The molecule has 4 nitrogen and oxygen atoms in total. The van der Waals surface area contributed by atoms with E-state index in [0.717, 1.165) is 46.6 Å². The number of aryl methyl sites for hydroxylation is 2. The Balaban J connectivity index is 1.19. The van der Waals surface area contributed by atoms with Gasteiger partial charge in [0.05, 0.1) is 12.8 Å². The van der Waals surface area contributed by atoms with Crippen molar-refractivity contribution in [1.82, 2.24) is 0 Å². The van der Waals surface area contributed by atoms with E-state index in [1.54, 1.807) is 68.0 Å². The first-order valence-corrected chi connectivity index (χ1v) is 19.3. The number of rotatable bonds is 10. The lowest BCUT2D eigenvalue weighted by atomic mass is 10.1. The molecule has 0 fully saturated rings. The summed E-state index contributed by atoms with van der Waals surface area (Å²) in [6.07, 6.45) is 0.00761. The first kappa shape index (κ1) is 31.0. The van der Waals surface area contributed by atoms with Crippen molar-refractivity contribution in [2.24, 2.45) is 0 Å². The molecule has 0 atom stereocenters. The van der Waals surface area contributed by atoms with E-state index in [9.17, 15) is 19.8 Å². The fourth-order valence-corrected chi connectivity index (χ4v) is 12.3. The summed E-state index contributed by atoms with van der Waals surface area (Å²) in [5, 5.41) is 23.1. The van der Waals surface area contributed by atoms with Crippen LogP contribution in [0.1, 0.15) is 22.3 Å². The number of hydrogen-bond acceptors (Lipinski definition) is 8. The van der Waals surface area contributed by atoms with Crippen molar-refractivity contribution in [1.29, 1.82) is 0 Å². The summed E-state index contributed by atoms with van der Waals surface area (Å²) in [7, 11) is 0. The number of carboxylic acids is 2. The van der Waals surface area contributed by atoms with E-state index in [4.69, 9.17) is 0 Å². The second-order valence-electron chi connectivity index (χ2n) is 10.8. The van der Waals surface area contributed by atoms with Crippen molar-refractivity contribution in [3.63, 3.8) is 0 Å². The van der Waals surface area contributed by atoms with Crippen LogP contribution in [0.2, 0.25) is 0 Å². The van der Waals surface area contributed by atoms with Crippen LogP contribution in [-0.4, -0.2) is 22.2 Å². The minimum Gasteiger partial charge on any atom is -0.481 e. The van der Waals surface area contributed by atoms with Crippen LogP contribution in [0.25, 0.3) is 59.9 Å². The normalized spacial score (nSPS) is 11.3. The molecule has 0 radical (unpaired) electrons. The number of carbonyl (C=O) groups is 2. The molecule has 6 heterocycles. The van der Waals surface area contributed by atoms with Gasteiger partial charge in [-0.15, -0.1) is 68.0 Å². The molecule has 0 saturated heterocycles. The minimum atomic E-state index is -0.833. The monoisotopic (exact) mass is 714 g/mol. The van der Waals surface area contributed by atoms with Crippen LogP contribution in [0.3, 0.4) is 0 Å². The van der Waals surface area contributed by atoms with Gasteiger partial charge in [-0.2, -0.15) is 0 Å². The molecule has 0 aliphatic carbocycles. The van der Waals surface area contributed by atoms with Crippen molar-refractivity contribution >= 4 is 80.0 Å². The van der Waals surface area contributed by atoms with Gasteiger partial charge >= 0.3 is 11.9 Å². The standard InChI is InChI=1S/C36H26O4S6/c1-19-10-12-41-33(19)25-6-9-28(43-25)36-24(18-32(39)40)16-30(46-36)22-5-3-4-21(15-22)29-14-20(2)34(45-29)26-7-8-27(44-26)35-23(11-13-42-35)17-31(37)38/h3-16H,17-18H2,1-2H3,(H,37,38)(H,39,40). The van der Waals surface area contributed by atoms with Gasteiger partial charge in [-0.1, -0.05) is 18.2 Å². The summed E-state index contributed by atoms with van der Waals surface area (Å²) < 4.78 is 0. The van der Waals surface area contributed by atoms with Gasteiger partial charge in [-0.25, -0.2) is 0 Å². The van der Waals surface area contributed by atoms with Crippen LogP contribution in [0, 0.1) is 13.8 Å². The second-order valence-corrected chi connectivity index (χ2v) is 16.9. The van der Waals surface area contributed by atoms with Gasteiger partial charge in [0.15, 0.2) is 0 Å². The molecule has 2 N–H and O–H groups in total. The predicted octanol–water partition coefficient (Wildman–Crippen LogP) is 11.9. The van der Waals surface area contributed by atoms with Crippen molar-refractivity contribution < 1.29 is 19.8 Å². The lowest BCUT2D eigenvalue weighted by Gasteiger charge is -2.02. The zero-order valence-corrected chi connectivity index (χ0v) is 29.6. The highest BCUT2D eigenvalue weighted by atomic mass is 32.1. The van der Waals surface area contributed by atoms with Crippen LogP contribution in [0.15, 0.2) is 83.6 Å². The highest BCUT2D eigenvalue weighted by molar-refractivity contribution is 7.28. The topological polar surface area (TPSA) is 74.6 Å². The highest BCUT2D eigenvalue weighted by Crippen LogP contribution is 2.47. The molecule has 6 aromatic heterocycles. The molecule has 7 aromatic rings. The lowest BCUT2D eigenvalue weighted by Crippen LogP contribution is -1.99. The van der Waals surface area contributed by atoms with E-state index in [2.05, 4.69) is 79.9 Å². The molecule has 230 valence electrons. The van der Waals surface area contributed by atoms with Crippen LogP contribution in [0.5, 0.6) is 0 Å². The molecule has 0 aliphatic heterocycles. The summed E-state index contributed by atoms with van der Waals surface area (Å²) in [6.45, 7) is 4.26. The summed E-state index contributed by atoms with van der Waals surface area (Å²) in [6, 6.07) is 25.3. The Morgan fingerprint density at radius 1 is 0.522 bits per heavy atom. The zero-order chi connectivity index (χ0) is 31.9. The molecular weight excluding hydrogens is 689 g/mol. The largest absolute Gasteiger partial charge is 0.481 e. The molecule has 46 heavy (non-hydrogen) atoms. The summed E-state index contributed by atoms with van der Waals surface area (Å²) in [4.78, 5) is 34.5. The van der Waals surface area contributed by atoms with Crippen molar-refractivity contribution in [2.75, 3.05) is 0 Å². The van der Waals surface area contributed by atoms with Gasteiger partial charge in [0.1, 0.15) is 0 Å².